The molecule has 6 aromatic rings. The van der Waals surface area contributed by atoms with Crippen molar-refractivity contribution in [1.29, 1.82) is 0 Å². The van der Waals surface area contributed by atoms with Gasteiger partial charge >= 0.3 is 26.2 Å². The van der Waals surface area contributed by atoms with Gasteiger partial charge < -0.3 is 8.83 Å². The molecule has 0 saturated heterocycles. The van der Waals surface area contributed by atoms with Crippen molar-refractivity contribution in [2.45, 2.75) is 66.2 Å². The summed E-state index contributed by atoms with van der Waals surface area (Å²) in [4.78, 5) is 0. The third kappa shape index (κ3) is 6.47. The molecule has 0 aliphatic heterocycles. The van der Waals surface area contributed by atoms with Crippen LogP contribution >= 0.6 is 0 Å². The second-order valence-electron chi connectivity index (χ2n) is 10.1. The Labute approximate surface area is 251 Å². The molecule has 0 bridgehead atoms. The summed E-state index contributed by atoms with van der Waals surface area (Å²) in [5.41, 5.74) is 5.20. The molecule has 0 atom stereocenters. The fraction of sp³-hybridized carbons (Fsp3) is 0.278. The maximum atomic E-state index is 5.91. The first-order valence-electron chi connectivity index (χ1n) is 14.2. The molecular formula is C36H38O2Zr. The molecule has 0 aliphatic carbocycles. The summed E-state index contributed by atoms with van der Waals surface area (Å²) in [7, 11) is 0. The van der Waals surface area contributed by atoms with Gasteiger partial charge in [0.05, 0.1) is 23.0 Å². The van der Waals surface area contributed by atoms with Gasteiger partial charge in [-0.1, -0.05) is 74.2 Å². The zero-order chi connectivity index (χ0) is 26.5. The second kappa shape index (κ2) is 13.4. The van der Waals surface area contributed by atoms with Crippen molar-refractivity contribution < 1.29 is 35.0 Å². The van der Waals surface area contributed by atoms with Crippen LogP contribution in [0.15, 0.2) is 93.8 Å². The molecule has 2 aromatic heterocycles. The van der Waals surface area contributed by atoms with Crippen LogP contribution in [0.4, 0.5) is 0 Å². The van der Waals surface area contributed by atoms with E-state index < -0.39 is 0 Å². The molecule has 39 heavy (non-hydrogen) atoms. The predicted octanol–water partition coefficient (Wildman–Crippen LogP) is 10.7. The molecule has 0 spiro atoms. The van der Waals surface area contributed by atoms with Gasteiger partial charge in [0.15, 0.2) is 0 Å². The minimum Gasteiger partial charge on any atom is -0.496 e. The van der Waals surface area contributed by atoms with Gasteiger partial charge in [0.25, 0.3) is 0 Å². The van der Waals surface area contributed by atoms with Crippen LogP contribution < -0.4 is 0 Å². The van der Waals surface area contributed by atoms with Gasteiger partial charge in [0.1, 0.15) is 0 Å². The molecule has 0 amide bonds. The number of fused-ring (bicyclic) bond motifs is 2. The van der Waals surface area contributed by atoms with E-state index in [9.17, 15) is 0 Å². The van der Waals surface area contributed by atoms with E-state index in [1.54, 1.807) is 0 Å². The molecule has 4 aromatic carbocycles. The Bertz CT molecular complexity index is 1500. The Morgan fingerprint density at radius 2 is 1.00 bits per heavy atom. The van der Waals surface area contributed by atoms with Crippen LogP contribution in [-0.2, 0) is 51.9 Å². The van der Waals surface area contributed by atoms with Crippen molar-refractivity contribution in [1.82, 2.24) is 0 Å². The molecule has 2 heterocycles. The number of furan rings is 2. The van der Waals surface area contributed by atoms with Gasteiger partial charge in [0, 0.05) is 12.8 Å². The fourth-order valence-corrected chi connectivity index (χ4v) is 5.33. The summed E-state index contributed by atoms with van der Waals surface area (Å²) in [5, 5.41) is 5.33. The van der Waals surface area contributed by atoms with Crippen molar-refractivity contribution in [3.63, 3.8) is 0 Å². The minimum absolute atomic E-state index is 0. The summed E-state index contributed by atoms with van der Waals surface area (Å²) < 4.78 is 11.8. The van der Waals surface area contributed by atoms with E-state index in [0.717, 1.165) is 61.6 Å². The largest absolute Gasteiger partial charge is 2.00 e. The first-order chi connectivity index (χ1) is 18.6. The van der Waals surface area contributed by atoms with Gasteiger partial charge in [0.2, 0.25) is 0 Å². The Morgan fingerprint density at radius 1 is 0.564 bits per heavy atom. The quantitative estimate of drug-likeness (QED) is 0.164. The average molecular weight is 594 g/mol. The zero-order valence-electron chi connectivity index (χ0n) is 23.6. The van der Waals surface area contributed by atoms with Crippen molar-refractivity contribution in [2.75, 3.05) is 0 Å². The molecule has 0 fully saturated rings. The molecule has 3 heteroatoms. The molecular weight excluding hydrogens is 556 g/mol. The zero-order valence-corrected chi connectivity index (χ0v) is 26.1. The van der Waals surface area contributed by atoms with E-state index in [2.05, 4.69) is 113 Å². The Morgan fingerprint density at radius 3 is 1.38 bits per heavy atom. The molecule has 0 aliphatic rings. The molecule has 0 radical (unpaired) electrons. The van der Waals surface area contributed by atoms with Crippen LogP contribution in [0, 0.1) is 0 Å². The SMILES string of the molecule is CCCc1ccc(-c2cc3c(CC)cccc3[cH-]2)o1.CCCc1ccc(-c2cc3c(CC)cccc3[cH-]2)o1.[Zr+2]. The molecule has 198 valence electrons. The normalized spacial score (nSPS) is 11.0. The summed E-state index contributed by atoms with van der Waals surface area (Å²) in [6.45, 7) is 8.75. The van der Waals surface area contributed by atoms with Crippen LogP contribution in [0.1, 0.15) is 63.2 Å². The molecule has 0 unspecified atom stereocenters. The average Bonchev–Trinajstić information content (AvgIpc) is 3.74. The monoisotopic (exact) mass is 592 g/mol. The van der Waals surface area contributed by atoms with Gasteiger partial charge in [-0.05, 0) is 49.9 Å². The first-order valence-corrected chi connectivity index (χ1v) is 14.2. The van der Waals surface area contributed by atoms with E-state index in [1.165, 1.54) is 43.8 Å². The van der Waals surface area contributed by atoms with E-state index in [0.29, 0.717) is 0 Å². The Balaban J connectivity index is 0.000000176. The number of rotatable bonds is 8. The molecule has 2 nitrogen and oxygen atoms in total. The fourth-order valence-electron chi connectivity index (χ4n) is 5.33. The van der Waals surface area contributed by atoms with Crippen molar-refractivity contribution in [2.24, 2.45) is 0 Å². The molecule has 6 rings (SSSR count). The maximum Gasteiger partial charge on any atom is 2.00 e. The van der Waals surface area contributed by atoms with Crippen molar-refractivity contribution >= 4 is 21.5 Å². The topological polar surface area (TPSA) is 26.3 Å². The summed E-state index contributed by atoms with van der Waals surface area (Å²) >= 11 is 0. The summed E-state index contributed by atoms with van der Waals surface area (Å²) in [5.74, 6) is 4.14. The van der Waals surface area contributed by atoms with Gasteiger partial charge in [-0.3, -0.25) is 0 Å². The number of hydrogen-bond donors (Lipinski definition) is 0. The second-order valence-corrected chi connectivity index (χ2v) is 10.1. The van der Waals surface area contributed by atoms with Crippen molar-refractivity contribution in [3.8, 4) is 22.6 Å². The minimum atomic E-state index is 0. The van der Waals surface area contributed by atoms with Crippen LogP contribution in [0.3, 0.4) is 0 Å². The Kier molecular flexibility index (Phi) is 10.0. The van der Waals surface area contributed by atoms with E-state index >= 15 is 0 Å². The van der Waals surface area contributed by atoms with Crippen LogP contribution in [0.2, 0.25) is 0 Å². The van der Waals surface area contributed by atoms with Gasteiger partial charge in [-0.15, -0.1) is 57.9 Å². The number of benzene rings is 2. The van der Waals surface area contributed by atoms with Crippen molar-refractivity contribution in [3.05, 3.63) is 108 Å². The molecule has 0 N–H and O–H groups in total. The van der Waals surface area contributed by atoms with Gasteiger partial charge in [-0.25, -0.2) is 0 Å². The third-order valence-corrected chi connectivity index (χ3v) is 7.33. The smallest absolute Gasteiger partial charge is 0.496 e. The van der Waals surface area contributed by atoms with E-state index in [4.69, 9.17) is 8.83 Å². The number of hydrogen-bond acceptors (Lipinski definition) is 2. The van der Waals surface area contributed by atoms with Crippen LogP contribution in [-0.4, -0.2) is 0 Å². The van der Waals surface area contributed by atoms with Gasteiger partial charge in [-0.2, -0.15) is 0 Å². The van der Waals surface area contributed by atoms with Crippen LogP contribution in [0.25, 0.3) is 44.2 Å². The van der Waals surface area contributed by atoms with Crippen LogP contribution in [0.5, 0.6) is 0 Å². The summed E-state index contributed by atoms with van der Waals surface area (Å²) in [6.07, 6.45) is 6.41. The summed E-state index contributed by atoms with van der Waals surface area (Å²) in [6, 6.07) is 30.3. The number of aryl methyl sites for hydroxylation is 4. The standard InChI is InChI=1S/2C18H19O.Zr/c2*1-3-6-16-9-10-18(19-16)15-11-14-8-5-7-13(4-2)17(14)12-15;/h2*5,7-12H,3-4,6H2,1-2H3;/q2*-1;+2. The Hall–Kier alpha value is -2.90. The van der Waals surface area contributed by atoms with E-state index in [1.807, 2.05) is 0 Å². The third-order valence-electron chi connectivity index (χ3n) is 7.33. The maximum absolute atomic E-state index is 5.91. The van der Waals surface area contributed by atoms with E-state index in [-0.39, 0.29) is 26.2 Å². The predicted molar refractivity (Wildman–Crippen MR) is 161 cm³/mol. The molecule has 0 saturated carbocycles. The first kappa shape index (κ1) is 29.1.